The van der Waals surface area contributed by atoms with Crippen LogP contribution in [-0.4, -0.2) is 23.6 Å². The number of imide groups is 1. The fraction of sp³-hybridized carbons (Fsp3) is 0.846. The molecule has 3 N–H and O–H groups in total. The summed E-state index contributed by atoms with van der Waals surface area (Å²) in [4.78, 5) is 22.7. The summed E-state index contributed by atoms with van der Waals surface area (Å²) in [6, 6.07) is -0.702. The van der Waals surface area contributed by atoms with Crippen molar-refractivity contribution in [3.8, 4) is 0 Å². The van der Waals surface area contributed by atoms with Crippen molar-refractivity contribution >= 4 is 24.4 Å². The number of hydrogen-bond acceptors (Lipinski definition) is 4. The minimum absolute atomic E-state index is 0.231. The molecule has 1 atom stereocenters. The van der Waals surface area contributed by atoms with E-state index in [1.54, 1.807) is 0 Å². The highest BCUT2D eigenvalue weighted by Crippen LogP contribution is 2.08. The zero-order valence-corrected chi connectivity index (χ0v) is 12.2. The lowest BCUT2D eigenvalue weighted by molar-refractivity contribution is -0.130. The van der Waals surface area contributed by atoms with E-state index in [0.717, 1.165) is 19.3 Å². The van der Waals surface area contributed by atoms with Gasteiger partial charge in [0.2, 0.25) is 11.8 Å². The smallest absolute Gasteiger partial charge is 0.244 e. The molecule has 2 amide bonds. The van der Waals surface area contributed by atoms with Gasteiger partial charge in [-0.3, -0.25) is 14.9 Å². The normalized spacial score (nSPS) is 12.2. The quantitative estimate of drug-likeness (QED) is 0.421. The number of nitrogens with two attached hydrogens (primary N) is 1. The van der Waals surface area contributed by atoms with Crippen LogP contribution in [0.3, 0.4) is 0 Å². The second kappa shape index (κ2) is 11.5. The molecule has 0 spiro atoms. The Morgan fingerprint density at radius 2 is 1.67 bits per heavy atom. The van der Waals surface area contributed by atoms with Crippen LogP contribution in [0, 0.1) is 0 Å². The number of amides is 2. The molecule has 0 saturated heterocycles. The number of carbonyl (C=O) groups is 2. The van der Waals surface area contributed by atoms with Crippen molar-refractivity contribution in [1.82, 2.24) is 5.32 Å². The number of thiol groups is 1. The molecule has 5 heteroatoms. The summed E-state index contributed by atoms with van der Waals surface area (Å²) in [6.07, 6.45) is 8.49. The van der Waals surface area contributed by atoms with Crippen molar-refractivity contribution in [2.45, 2.75) is 64.3 Å². The Labute approximate surface area is 115 Å². The van der Waals surface area contributed by atoms with E-state index >= 15 is 0 Å². The predicted molar refractivity (Wildman–Crippen MR) is 77.6 cm³/mol. The molecule has 4 nitrogen and oxygen atoms in total. The minimum Gasteiger partial charge on any atom is -0.319 e. The lowest BCUT2D eigenvalue weighted by Crippen LogP contribution is -2.44. The molecule has 0 radical (unpaired) electrons. The Bertz CT molecular complexity index is 247. The fourth-order valence-corrected chi connectivity index (χ4v) is 1.78. The summed E-state index contributed by atoms with van der Waals surface area (Å²) in [5.41, 5.74) is 5.45. The molecule has 0 heterocycles. The van der Waals surface area contributed by atoms with Crippen LogP contribution in [0.1, 0.15) is 58.3 Å². The van der Waals surface area contributed by atoms with E-state index in [4.69, 9.17) is 5.73 Å². The first-order valence-corrected chi connectivity index (χ1v) is 7.45. The monoisotopic (exact) mass is 274 g/mol. The standard InChI is InChI=1S/C13H26N2O2S/c1-2-3-4-5-6-7-8-9-12(16)15-13(17)11(14)10-18/h11,18H,2-10,14H2,1H3,(H,15,16,17)/t11-/m0/s1. The van der Waals surface area contributed by atoms with Crippen LogP contribution in [0.2, 0.25) is 0 Å². The fourth-order valence-electron chi connectivity index (χ4n) is 1.62. The number of rotatable bonds is 10. The molecule has 0 aliphatic rings. The largest absolute Gasteiger partial charge is 0.319 e. The van der Waals surface area contributed by atoms with Gasteiger partial charge in [0.15, 0.2) is 0 Å². The van der Waals surface area contributed by atoms with Crippen molar-refractivity contribution in [1.29, 1.82) is 0 Å². The van der Waals surface area contributed by atoms with E-state index in [0.29, 0.717) is 6.42 Å². The molecule has 0 unspecified atom stereocenters. The summed E-state index contributed by atoms with van der Waals surface area (Å²) in [5, 5.41) is 2.29. The van der Waals surface area contributed by atoms with Gasteiger partial charge < -0.3 is 5.73 Å². The SMILES string of the molecule is CCCCCCCCCC(=O)NC(=O)[C@@H](N)CS. The summed E-state index contributed by atoms with van der Waals surface area (Å²) in [6.45, 7) is 2.19. The second-order valence-corrected chi connectivity index (χ2v) is 4.94. The summed E-state index contributed by atoms with van der Waals surface area (Å²) >= 11 is 3.91. The van der Waals surface area contributed by atoms with Gasteiger partial charge in [-0.2, -0.15) is 12.6 Å². The van der Waals surface area contributed by atoms with Gasteiger partial charge in [0.1, 0.15) is 0 Å². The Morgan fingerprint density at radius 1 is 1.11 bits per heavy atom. The maximum Gasteiger partial charge on any atom is 0.244 e. The first-order valence-electron chi connectivity index (χ1n) is 6.82. The van der Waals surface area contributed by atoms with Crippen LogP contribution in [-0.2, 0) is 9.59 Å². The van der Waals surface area contributed by atoms with Crippen molar-refractivity contribution in [3.63, 3.8) is 0 Å². The van der Waals surface area contributed by atoms with Gasteiger partial charge >= 0.3 is 0 Å². The highest BCUT2D eigenvalue weighted by atomic mass is 32.1. The molecule has 0 aliphatic carbocycles. The average Bonchev–Trinajstić information content (AvgIpc) is 2.36. The average molecular weight is 274 g/mol. The third-order valence-electron chi connectivity index (χ3n) is 2.80. The van der Waals surface area contributed by atoms with Gasteiger partial charge in [-0.1, -0.05) is 45.4 Å². The van der Waals surface area contributed by atoms with E-state index in [-0.39, 0.29) is 11.7 Å². The maximum atomic E-state index is 11.4. The minimum atomic E-state index is -0.702. The Kier molecular flexibility index (Phi) is 11.2. The van der Waals surface area contributed by atoms with Gasteiger partial charge in [0, 0.05) is 12.2 Å². The first-order chi connectivity index (χ1) is 8.61. The lowest BCUT2D eigenvalue weighted by Gasteiger charge is -2.08. The van der Waals surface area contributed by atoms with Crippen molar-refractivity contribution in [3.05, 3.63) is 0 Å². The molecule has 0 aliphatic heterocycles. The van der Waals surface area contributed by atoms with Gasteiger partial charge in [0.25, 0.3) is 0 Å². The van der Waals surface area contributed by atoms with Crippen LogP contribution < -0.4 is 11.1 Å². The Balaban J connectivity index is 3.45. The number of hydrogen-bond donors (Lipinski definition) is 3. The molecule has 0 saturated carbocycles. The third-order valence-corrected chi connectivity index (χ3v) is 3.20. The summed E-state index contributed by atoms with van der Waals surface area (Å²) in [7, 11) is 0. The van der Waals surface area contributed by atoms with E-state index < -0.39 is 11.9 Å². The predicted octanol–water partition coefficient (Wildman–Crippen LogP) is 2.03. The van der Waals surface area contributed by atoms with Crippen LogP contribution in [0.4, 0.5) is 0 Å². The third kappa shape index (κ3) is 9.48. The van der Waals surface area contributed by atoms with Gasteiger partial charge in [0.05, 0.1) is 6.04 Å². The van der Waals surface area contributed by atoms with Gasteiger partial charge in [-0.15, -0.1) is 0 Å². The second-order valence-electron chi connectivity index (χ2n) is 4.57. The molecule has 0 aromatic rings. The molecular weight excluding hydrogens is 248 g/mol. The number of nitrogens with one attached hydrogen (secondary N) is 1. The molecule has 0 aromatic carbocycles. The molecule has 106 valence electrons. The Hall–Kier alpha value is -0.550. The first kappa shape index (κ1) is 17.4. The molecular formula is C13H26N2O2S. The zero-order valence-electron chi connectivity index (χ0n) is 11.3. The van der Waals surface area contributed by atoms with E-state index in [2.05, 4.69) is 24.9 Å². The lowest BCUT2D eigenvalue weighted by atomic mass is 10.1. The molecule has 0 aromatic heterocycles. The number of carbonyl (C=O) groups excluding carboxylic acids is 2. The van der Waals surface area contributed by atoms with Gasteiger partial charge in [-0.25, -0.2) is 0 Å². The van der Waals surface area contributed by atoms with Crippen LogP contribution >= 0.6 is 12.6 Å². The van der Waals surface area contributed by atoms with Crippen LogP contribution in [0.25, 0.3) is 0 Å². The van der Waals surface area contributed by atoms with Crippen molar-refractivity contribution in [2.75, 3.05) is 5.75 Å². The maximum absolute atomic E-state index is 11.4. The molecule has 0 fully saturated rings. The van der Waals surface area contributed by atoms with E-state index in [1.807, 2.05) is 0 Å². The van der Waals surface area contributed by atoms with Crippen LogP contribution in [0.15, 0.2) is 0 Å². The molecule has 0 bridgehead atoms. The van der Waals surface area contributed by atoms with Crippen molar-refractivity contribution in [2.24, 2.45) is 5.73 Å². The Morgan fingerprint density at radius 3 is 2.22 bits per heavy atom. The highest BCUT2D eigenvalue weighted by Gasteiger charge is 2.13. The van der Waals surface area contributed by atoms with Crippen LogP contribution in [0.5, 0.6) is 0 Å². The van der Waals surface area contributed by atoms with Crippen molar-refractivity contribution < 1.29 is 9.59 Å². The number of unbranched alkanes of at least 4 members (excludes halogenated alkanes) is 6. The summed E-state index contributed by atoms with van der Waals surface area (Å²) in [5.74, 6) is -0.417. The van der Waals surface area contributed by atoms with E-state index in [1.165, 1.54) is 25.7 Å². The molecule has 18 heavy (non-hydrogen) atoms. The van der Waals surface area contributed by atoms with Gasteiger partial charge in [-0.05, 0) is 6.42 Å². The summed E-state index contributed by atoms with van der Waals surface area (Å²) < 4.78 is 0. The highest BCUT2D eigenvalue weighted by molar-refractivity contribution is 7.80. The molecule has 0 rings (SSSR count). The zero-order chi connectivity index (χ0) is 13.8. The topological polar surface area (TPSA) is 72.2 Å². The van der Waals surface area contributed by atoms with E-state index in [9.17, 15) is 9.59 Å².